The van der Waals surface area contributed by atoms with Crippen LogP contribution < -0.4 is 5.32 Å². The average molecular weight is 273 g/mol. The van der Waals surface area contributed by atoms with Crippen molar-refractivity contribution in [2.24, 2.45) is 17.8 Å². The minimum absolute atomic E-state index is 0.0864. The van der Waals surface area contributed by atoms with E-state index >= 15 is 0 Å². The van der Waals surface area contributed by atoms with Crippen molar-refractivity contribution in [1.29, 1.82) is 0 Å². The summed E-state index contributed by atoms with van der Waals surface area (Å²) in [5, 5.41) is 2.50. The predicted molar refractivity (Wildman–Crippen MR) is 79.0 cm³/mol. The van der Waals surface area contributed by atoms with Gasteiger partial charge in [-0.1, -0.05) is 57.0 Å². The Morgan fingerprint density at radius 2 is 1.95 bits per heavy atom. The predicted octanol–water partition coefficient (Wildman–Crippen LogP) is 2.94. The molecule has 0 aliphatic carbocycles. The molecule has 3 heteroatoms. The van der Waals surface area contributed by atoms with E-state index in [0.717, 1.165) is 24.8 Å². The van der Waals surface area contributed by atoms with Crippen LogP contribution in [0.1, 0.15) is 38.7 Å². The van der Waals surface area contributed by atoms with Crippen molar-refractivity contribution in [3.8, 4) is 0 Å². The van der Waals surface area contributed by atoms with Crippen molar-refractivity contribution in [2.75, 3.05) is 0 Å². The lowest BCUT2D eigenvalue weighted by Crippen LogP contribution is -2.48. The highest BCUT2D eigenvalue weighted by Crippen LogP contribution is 2.33. The van der Waals surface area contributed by atoms with Crippen molar-refractivity contribution in [3.63, 3.8) is 0 Å². The number of rotatable bonds is 5. The zero-order valence-electron chi connectivity index (χ0n) is 12.3. The van der Waals surface area contributed by atoms with Crippen molar-refractivity contribution in [2.45, 2.75) is 39.5 Å². The molecule has 2 amide bonds. The van der Waals surface area contributed by atoms with Gasteiger partial charge in [-0.05, 0) is 23.8 Å². The topological polar surface area (TPSA) is 46.2 Å². The summed E-state index contributed by atoms with van der Waals surface area (Å²) in [4.78, 5) is 23.9. The Labute approximate surface area is 120 Å². The minimum Gasteiger partial charge on any atom is -0.296 e. The standard InChI is InChI=1S/C17H23NO2/c1-3-7-12(2)14-11-16(19)18-17(20)15(14)10-13-8-5-4-6-9-13/h4-6,8-9,12,14-15H,3,7,10-11H2,1-2H3,(H,18,19,20). The Kier molecular flexibility index (Phi) is 4.94. The Morgan fingerprint density at radius 3 is 2.60 bits per heavy atom. The molecular weight excluding hydrogens is 250 g/mol. The average Bonchev–Trinajstić information content (AvgIpc) is 2.43. The van der Waals surface area contributed by atoms with Gasteiger partial charge >= 0.3 is 0 Å². The van der Waals surface area contributed by atoms with Gasteiger partial charge in [-0.2, -0.15) is 0 Å². The molecule has 3 unspecified atom stereocenters. The molecule has 0 radical (unpaired) electrons. The molecule has 1 aliphatic heterocycles. The molecule has 3 atom stereocenters. The van der Waals surface area contributed by atoms with E-state index in [2.05, 4.69) is 19.2 Å². The Balaban J connectivity index is 2.16. The number of piperidine rings is 1. The summed E-state index contributed by atoms with van der Waals surface area (Å²) >= 11 is 0. The van der Waals surface area contributed by atoms with Crippen LogP contribution in [-0.2, 0) is 16.0 Å². The van der Waals surface area contributed by atoms with Crippen LogP contribution in [0.5, 0.6) is 0 Å². The van der Waals surface area contributed by atoms with Crippen molar-refractivity contribution < 1.29 is 9.59 Å². The molecular formula is C17H23NO2. The van der Waals surface area contributed by atoms with Crippen LogP contribution in [0.3, 0.4) is 0 Å². The fourth-order valence-corrected chi connectivity index (χ4v) is 3.21. The van der Waals surface area contributed by atoms with Crippen LogP contribution in [0.15, 0.2) is 30.3 Å². The van der Waals surface area contributed by atoms with Crippen molar-refractivity contribution in [1.82, 2.24) is 5.32 Å². The molecule has 0 saturated carbocycles. The van der Waals surface area contributed by atoms with E-state index in [-0.39, 0.29) is 23.7 Å². The maximum atomic E-state index is 12.2. The summed E-state index contributed by atoms with van der Waals surface area (Å²) in [5.74, 6) is 0.266. The molecule has 2 rings (SSSR count). The normalized spacial score (nSPS) is 24.3. The number of hydrogen-bond donors (Lipinski definition) is 1. The Hall–Kier alpha value is -1.64. The zero-order chi connectivity index (χ0) is 14.5. The van der Waals surface area contributed by atoms with Crippen LogP contribution in [-0.4, -0.2) is 11.8 Å². The highest BCUT2D eigenvalue weighted by molar-refractivity contribution is 5.99. The molecule has 1 N–H and O–H groups in total. The molecule has 108 valence electrons. The van der Waals surface area contributed by atoms with Gasteiger partial charge in [0.2, 0.25) is 11.8 Å². The molecule has 0 aromatic heterocycles. The summed E-state index contributed by atoms with van der Waals surface area (Å²) < 4.78 is 0. The third kappa shape index (κ3) is 3.47. The zero-order valence-corrected chi connectivity index (χ0v) is 12.3. The second-order valence-corrected chi connectivity index (χ2v) is 5.84. The smallest absolute Gasteiger partial charge is 0.230 e. The van der Waals surface area contributed by atoms with E-state index in [0.29, 0.717) is 12.3 Å². The van der Waals surface area contributed by atoms with E-state index in [4.69, 9.17) is 0 Å². The van der Waals surface area contributed by atoms with Gasteiger partial charge in [-0.15, -0.1) is 0 Å². The number of nitrogens with one attached hydrogen (secondary N) is 1. The molecule has 3 nitrogen and oxygen atoms in total. The van der Waals surface area contributed by atoms with Gasteiger partial charge < -0.3 is 0 Å². The largest absolute Gasteiger partial charge is 0.296 e. The third-order valence-corrected chi connectivity index (χ3v) is 4.31. The number of carbonyl (C=O) groups is 2. The summed E-state index contributed by atoms with van der Waals surface area (Å²) in [6.45, 7) is 4.31. The molecule has 20 heavy (non-hydrogen) atoms. The highest BCUT2D eigenvalue weighted by Gasteiger charge is 2.38. The van der Waals surface area contributed by atoms with E-state index < -0.39 is 0 Å². The van der Waals surface area contributed by atoms with Crippen LogP contribution >= 0.6 is 0 Å². The minimum atomic E-state index is -0.118. The van der Waals surface area contributed by atoms with Crippen LogP contribution in [0.2, 0.25) is 0 Å². The number of benzene rings is 1. The lowest BCUT2D eigenvalue weighted by atomic mass is 9.73. The molecule has 1 aliphatic rings. The van der Waals surface area contributed by atoms with Crippen LogP contribution in [0, 0.1) is 17.8 Å². The van der Waals surface area contributed by atoms with E-state index in [1.165, 1.54) is 0 Å². The van der Waals surface area contributed by atoms with Crippen LogP contribution in [0.25, 0.3) is 0 Å². The monoisotopic (exact) mass is 273 g/mol. The second kappa shape index (κ2) is 6.69. The molecule has 1 aromatic carbocycles. The number of hydrogen-bond acceptors (Lipinski definition) is 2. The fraction of sp³-hybridized carbons (Fsp3) is 0.529. The van der Waals surface area contributed by atoms with E-state index in [9.17, 15) is 9.59 Å². The first-order chi connectivity index (χ1) is 9.61. The first-order valence-electron chi connectivity index (χ1n) is 7.49. The van der Waals surface area contributed by atoms with Gasteiger partial charge in [0.25, 0.3) is 0 Å². The SMILES string of the molecule is CCCC(C)C1CC(=O)NC(=O)C1Cc1ccccc1. The van der Waals surface area contributed by atoms with Gasteiger partial charge in [0.05, 0.1) is 0 Å². The van der Waals surface area contributed by atoms with Crippen LogP contribution in [0.4, 0.5) is 0 Å². The molecule has 1 saturated heterocycles. The van der Waals surface area contributed by atoms with Gasteiger partial charge in [0.15, 0.2) is 0 Å². The van der Waals surface area contributed by atoms with Gasteiger partial charge in [-0.3, -0.25) is 14.9 Å². The summed E-state index contributed by atoms with van der Waals surface area (Å²) in [7, 11) is 0. The maximum absolute atomic E-state index is 12.2. The molecule has 1 aromatic rings. The quantitative estimate of drug-likeness (QED) is 0.838. The molecule has 1 fully saturated rings. The van der Waals surface area contributed by atoms with Gasteiger partial charge in [0, 0.05) is 12.3 Å². The number of carbonyl (C=O) groups excluding carboxylic acids is 2. The van der Waals surface area contributed by atoms with E-state index in [1.54, 1.807) is 0 Å². The number of imide groups is 1. The number of amides is 2. The molecule has 0 spiro atoms. The third-order valence-electron chi connectivity index (χ3n) is 4.31. The summed E-state index contributed by atoms with van der Waals surface area (Å²) in [6, 6.07) is 10.1. The maximum Gasteiger partial charge on any atom is 0.230 e. The van der Waals surface area contributed by atoms with Crippen molar-refractivity contribution in [3.05, 3.63) is 35.9 Å². The summed E-state index contributed by atoms with van der Waals surface area (Å²) in [5.41, 5.74) is 1.16. The lowest BCUT2D eigenvalue weighted by molar-refractivity contribution is -0.140. The first kappa shape index (κ1) is 14.8. The highest BCUT2D eigenvalue weighted by atomic mass is 16.2. The van der Waals surface area contributed by atoms with E-state index in [1.807, 2.05) is 30.3 Å². The van der Waals surface area contributed by atoms with Gasteiger partial charge in [0.1, 0.15) is 0 Å². The lowest BCUT2D eigenvalue weighted by Gasteiger charge is -2.34. The summed E-state index contributed by atoms with van der Waals surface area (Å²) in [6.07, 6.45) is 3.35. The second-order valence-electron chi connectivity index (χ2n) is 5.84. The molecule has 1 heterocycles. The fourth-order valence-electron chi connectivity index (χ4n) is 3.21. The Bertz CT molecular complexity index is 469. The first-order valence-corrected chi connectivity index (χ1v) is 7.49. The van der Waals surface area contributed by atoms with Crippen molar-refractivity contribution >= 4 is 11.8 Å². The molecule has 0 bridgehead atoms. The van der Waals surface area contributed by atoms with Gasteiger partial charge in [-0.25, -0.2) is 0 Å². The Morgan fingerprint density at radius 1 is 1.25 bits per heavy atom.